The van der Waals surface area contributed by atoms with E-state index in [-0.39, 0.29) is 0 Å². The molecule has 2 heterocycles. The lowest BCUT2D eigenvalue weighted by Gasteiger charge is -2.32. The summed E-state index contributed by atoms with van der Waals surface area (Å²) in [5.74, 6) is 0.434. The summed E-state index contributed by atoms with van der Waals surface area (Å²) in [7, 11) is 0. The highest BCUT2D eigenvalue weighted by atomic mass is 16.5. The molecule has 2 rings (SSSR count). The molecule has 0 amide bonds. The molecular formula is C11H19NO2. The molecule has 0 aliphatic carbocycles. The molecule has 2 fully saturated rings. The van der Waals surface area contributed by atoms with E-state index in [1.165, 1.54) is 12.8 Å². The van der Waals surface area contributed by atoms with E-state index in [4.69, 9.17) is 4.74 Å². The number of likely N-dealkylation sites (tertiary alicyclic amines) is 1. The van der Waals surface area contributed by atoms with Crippen LogP contribution in [0.25, 0.3) is 0 Å². The lowest BCUT2D eigenvalue weighted by atomic mass is 10.1. The Morgan fingerprint density at radius 2 is 2.14 bits per heavy atom. The maximum absolute atomic E-state index is 11.3. The number of hydrogen-bond donors (Lipinski definition) is 0. The van der Waals surface area contributed by atoms with Gasteiger partial charge in [0.05, 0.1) is 6.61 Å². The zero-order valence-electron chi connectivity index (χ0n) is 8.71. The van der Waals surface area contributed by atoms with Crippen LogP contribution in [-0.2, 0) is 9.53 Å². The van der Waals surface area contributed by atoms with Crippen LogP contribution in [0.5, 0.6) is 0 Å². The molecule has 14 heavy (non-hydrogen) atoms. The summed E-state index contributed by atoms with van der Waals surface area (Å²) in [5, 5.41) is 0. The van der Waals surface area contributed by atoms with Crippen molar-refractivity contribution >= 4 is 5.78 Å². The molecular weight excluding hydrogens is 178 g/mol. The van der Waals surface area contributed by atoms with Crippen molar-refractivity contribution in [1.29, 1.82) is 0 Å². The molecule has 0 aromatic carbocycles. The zero-order valence-corrected chi connectivity index (χ0v) is 8.71. The van der Waals surface area contributed by atoms with Crippen LogP contribution in [0, 0.1) is 0 Å². The summed E-state index contributed by atoms with van der Waals surface area (Å²) in [5.41, 5.74) is 0. The average molecular weight is 197 g/mol. The van der Waals surface area contributed by atoms with E-state index < -0.39 is 0 Å². The Hall–Kier alpha value is -0.410. The number of Topliss-reactive ketones (excluding diaryl/α,β-unsaturated/α-hetero) is 1. The summed E-state index contributed by atoms with van der Waals surface area (Å²) in [6, 6.07) is 0.578. The molecule has 0 aromatic rings. The lowest BCUT2D eigenvalue weighted by Crippen LogP contribution is -2.41. The third-order valence-electron chi connectivity index (χ3n) is 3.23. The van der Waals surface area contributed by atoms with Crippen LogP contribution in [0.15, 0.2) is 0 Å². The number of carbonyl (C=O) groups excluding carboxylic acids is 1. The van der Waals surface area contributed by atoms with Crippen molar-refractivity contribution in [3.05, 3.63) is 0 Å². The Balaban J connectivity index is 1.86. The number of ketones is 1. The maximum Gasteiger partial charge on any atom is 0.134 e. The molecule has 0 N–H and O–H groups in total. The first-order valence-electron chi connectivity index (χ1n) is 5.70. The van der Waals surface area contributed by atoms with Crippen LogP contribution < -0.4 is 0 Å². The number of ether oxygens (including phenoxy) is 1. The monoisotopic (exact) mass is 197 g/mol. The van der Waals surface area contributed by atoms with Gasteiger partial charge in [0.25, 0.3) is 0 Å². The van der Waals surface area contributed by atoms with Gasteiger partial charge < -0.3 is 4.74 Å². The van der Waals surface area contributed by atoms with Crippen LogP contribution in [-0.4, -0.2) is 43.0 Å². The van der Waals surface area contributed by atoms with Crippen molar-refractivity contribution in [1.82, 2.24) is 4.90 Å². The maximum atomic E-state index is 11.3. The van der Waals surface area contributed by atoms with Crippen LogP contribution >= 0.6 is 0 Å². The highest BCUT2D eigenvalue weighted by molar-refractivity contribution is 5.78. The molecule has 0 saturated carbocycles. The van der Waals surface area contributed by atoms with Crippen molar-refractivity contribution < 1.29 is 9.53 Å². The minimum absolute atomic E-state index is 0.434. The fraction of sp³-hybridized carbons (Fsp3) is 0.909. The van der Waals surface area contributed by atoms with Crippen molar-refractivity contribution in [2.45, 2.75) is 38.1 Å². The zero-order chi connectivity index (χ0) is 9.80. The Labute approximate surface area is 85.4 Å². The van der Waals surface area contributed by atoms with E-state index in [2.05, 4.69) is 4.90 Å². The third kappa shape index (κ3) is 2.55. The highest BCUT2D eigenvalue weighted by Gasteiger charge is 2.23. The van der Waals surface area contributed by atoms with Gasteiger partial charge in [0.1, 0.15) is 5.78 Å². The Morgan fingerprint density at radius 1 is 1.21 bits per heavy atom. The van der Waals surface area contributed by atoms with Crippen LogP contribution in [0.1, 0.15) is 32.1 Å². The van der Waals surface area contributed by atoms with Gasteiger partial charge in [-0.05, 0) is 25.8 Å². The topological polar surface area (TPSA) is 29.5 Å². The third-order valence-corrected chi connectivity index (χ3v) is 3.23. The predicted octanol–water partition coefficient (Wildman–Crippen LogP) is 1.22. The highest BCUT2D eigenvalue weighted by Crippen LogP contribution is 2.17. The lowest BCUT2D eigenvalue weighted by molar-refractivity contribution is -0.118. The smallest absolute Gasteiger partial charge is 0.134 e. The molecule has 3 nitrogen and oxygen atoms in total. The van der Waals surface area contributed by atoms with E-state index in [1.807, 2.05) is 0 Å². The van der Waals surface area contributed by atoms with E-state index >= 15 is 0 Å². The Kier molecular flexibility index (Phi) is 3.54. The van der Waals surface area contributed by atoms with E-state index in [0.29, 0.717) is 11.8 Å². The first-order valence-corrected chi connectivity index (χ1v) is 5.70. The molecule has 80 valence electrons. The molecule has 0 spiro atoms. The van der Waals surface area contributed by atoms with Gasteiger partial charge >= 0.3 is 0 Å². The fourth-order valence-electron chi connectivity index (χ4n) is 2.36. The molecule has 0 radical (unpaired) electrons. The van der Waals surface area contributed by atoms with E-state index in [9.17, 15) is 4.79 Å². The van der Waals surface area contributed by atoms with Gasteiger partial charge in [0.2, 0.25) is 0 Å². The predicted molar refractivity (Wildman–Crippen MR) is 54.3 cm³/mol. The molecule has 1 atom stereocenters. The van der Waals surface area contributed by atoms with Gasteiger partial charge in [0, 0.05) is 32.0 Å². The van der Waals surface area contributed by atoms with Crippen molar-refractivity contribution in [2.24, 2.45) is 0 Å². The quantitative estimate of drug-likeness (QED) is 0.633. The van der Waals surface area contributed by atoms with E-state index in [1.54, 1.807) is 0 Å². The van der Waals surface area contributed by atoms with Crippen LogP contribution in [0.4, 0.5) is 0 Å². The van der Waals surface area contributed by atoms with Crippen LogP contribution in [0.3, 0.4) is 0 Å². The molecule has 0 bridgehead atoms. The van der Waals surface area contributed by atoms with Crippen molar-refractivity contribution in [3.8, 4) is 0 Å². The normalized spacial score (nSPS) is 31.4. The summed E-state index contributed by atoms with van der Waals surface area (Å²) >= 11 is 0. The van der Waals surface area contributed by atoms with Crippen molar-refractivity contribution in [2.75, 3.05) is 26.3 Å². The SMILES string of the molecule is O=C1CCCN(C2CCCOC2)CC1. The molecule has 2 aliphatic heterocycles. The number of hydrogen-bond acceptors (Lipinski definition) is 3. The summed E-state index contributed by atoms with van der Waals surface area (Å²) in [6.07, 6.45) is 4.99. The number of nitrogens with zero attached hydrogens (tertiary/aromatic N) is 1. The standard InChI is InChI=1S/C11H19NO2/c13-11-4-1-6-12(7-5-11)10-3-2-8-14-9-10/h10H,1-9H2. The summed E-state index contributed by atoms with van der Waals surface area (Å²) in [4.78, 5) is 13.7. The molecule has 0 aromatic heterocycles. The number of rotatable bonds is 1. The first-order chi connectivity index (χ1) is 6.86. The Morgan fingerprint density at radius 3 is 2.93 bits per heavy atom. The van der Waals surface area contributed by atoms with Gasteiger partial charge in [-0.2, -0.15) is 0 Å². The Bertz CT molecular complexity index is 199. The largest absolute Gasteiger partial charge is 0.380 e. The molecule has 2 aliphatic rings. The molecule has 2 saturated heterocycles. The minimum Gasteiger partial charge on any atom is -0.380 e. The second-order valence-electron chi connectivity index (χ2n) is 4.30. The van der Waals surface area contributed by atoms with Gasteiger partial charge in [-0.1, -0.05) is 0 Å². The van der Waals surface area contributed by atoms with E-state index in [0.717, 1.165) is 45.6 Å². The summed E-state index contributed by atoms with van der Waals surface area (Å²) in [6.45, 7) is 3.82. The fourth-order valence-corrected chi connectivity index (χ4v) is 2.36. The minimum atomic E-state index is 0.434. The van der Waals surface area contributed by atoms with Crippen LogP contribution in [0.2, 0.25) is 0 Å². The van der Waals surface area contributed by atoms with Gasteiger partial charge in [0.15, 0.2) is 0 Å². The average Bonchev–Trinajstić information content (AvgIpc) is 2.44. The summed E-state index contributed by atoms with van der Waals surface area (Å²) < 4.78 is 5.48. The first kappa shape index (κ1) is 10.1. The molecule has 1 unspecified atom stereocenters. The van der Waals surface area contributed by atoms with Gasteiger partial charge in [-0.3, -0.25) is 9.69 Å². The van der Waals surface area contributed by atoms with Gasteiger partial charge in [-0.25, -0.2) is 0 Å². The second kappa shape index (κ2) is 4.89. The van der Waals surface area contributed by atoms with Crippen molar-refractivity contribution in [3.63, 3.8) is 0 Å². The molecule has 3 heteroatoms. The second-order valence-corrected chi connectivity index (χ2v) is 4.30. The van der Waals surface area contributed by atoms with Gasteiger partial charge in [-0.15, -0.1) is 0 Å². The number of carbonyl (C=O) groups is 1.